The second-order valence-electron chi connectivity index (χ2n) is 2.56. The van der Waals surface area contributed by atoms with Crippen LogP contribution in [0.3, 0.4) is 0 Å². The Morgan fingerprint density at radius 3 is 2.83 bits per heavy atom. The van der Waals surface area contributed by atoms with Gasteiger partial charge in [-0.15, -0.1) is 0 Å². The fraction of sp³-hybridized carbons (Fsp3) is 0.714. The van der Waals surface area contributed by atoms with Crippen LogP contribution in [-0.2, 0) is 14.3 Å². The second kappa shape index (κ2) is 3.84. The minimum absolute atomic E-state index is 0.296. The number of aliphatic hydroxyl groups excluding tert-OH is 2. The molecule has 1 aliphatic rings. The van der Waals surface area contributed by atoms with Crippen molar-refractivity contribution >= 4 is 5.97 Å². The molecule has 1 heterocycles. The lowest BCUT2D eigenvalue weighted by Crippen LogP contribution is -2.34. The number of carbonyl (C=O) groups is 1. The molecule has 0 amide bonds. The summed E-state index contributed by atoms with van der Waals surface area (Å²) in [6.45, 7) is 2.16. The molecule has 0 aliphatic carbocycles. The first-order chi connectivity index (χ1) is 5.65. The first-order valence-electron chi connectivity index (χ1n) is 3.60. The Kier molecular flexibility index (Phi) is 3.02. The Balaban J connectivity index is 2.43. The highest BCUT2D eigenvalue weighted by molar-refractivity contribution is 5.66. The number of aliphatic hydroxyl groups is 2. The number of carbonyl (C=O) groups excluding carboxylic acids is 1. The van der Waals surface area contributed by atoms with E-state index in [4.69, 9.17) is 9.84 Å². The zero-order valence-electron chi connectivity index (χ0n) is 6.64. The van der Waals surface area contributed by atoms with Crippen LogP contribution in [0.4, 0.5) is 0 Å². The highest BCUT2D eigenvalue weighted by atomic mass is 16.6. The summed E-state index contributed by atoms with van der Waals surface area (Å²) in [4.78, 5) is 10.5. The molecule has 0 aromatic heterocycles. The molecule has 5 nitrogen and oxygen atoms in total. The van der Waals surface area contributed by atoms with Crippen molar-refractivity contribution in [1.29, 1.82) is 0 Å². The molecule has 1 rings (SSSR count). The second-order valence-corrected chi connectivity index (χ2v) is 2.56. The summed E-state index contributed by atoms with van der Waals surface area (Å²) in [6, 6.07) is 0. The van der Waals surface area contributed by atoms with E-state index in [1.165, 1.54) is 13.5 Å². The molecule has 1 radical (unpaired) electrons. The van der Waals surface area contributed by atoms with Crippen molar-refractivity contribution in [2.45, 2.75) is 25.2 Å². The molecule has 69 valence electrons. The summed E-state index contributed by atoms with van der Waals surface area (Å²) >= 11 is 0. The van der Waals surface area contributed by atoms with Crippen LogP contribution < -0.4 is 0 Å². The predicted octanol–water partition coefficient (Wildman–Crippen LogP) is -1.17. The van der Waals surface area contributed by atoms with Crippen molar-refractivity contribution in [3.63, 3.8) is 0 Å². The lowest BCUT2D eigenvalue weighted by Gasteiger charge is -2.14. The highest BCUT2D eigenvalue weighted by Gasteiger charge is 2.38. The van der Waals surface area contributed by atoms with E-state index in [-0.39, 0.29) is 6.61 Å². The van der Waals surface area contributed by atoms with E-state index in [2.05, 4.69) is 4.74 Å². The van der Waals surface area contributed by atoms with Crippen LogP contribution in [-0.4, -0.2) is 41.1 Å². The van der Waals surface area contributed by atoms with Gasteiger partial charge in [-0.3, -0.25) is 4.79 Å². The first kappa shape index (κ1) is 9.44. The van der Waals surface area contributed by atoms with Crippen LogP contribution in [0.15, 0.2) is 0 Å². The van der Waals surface area contributed by atoms with E-state index in [0.717, 1.165) is 0 Å². The Bertz CT molecular complexity index is 169. The normalized spacial score (nSPS) is 35.1. The van der Waals surface area contributed by atoms with Gasteiger partial charge in [0.05, 0.1) is 6.61 Å². The van der Waals surface area contributed by atoms with E-state index in [1.54, 1.807) is 0 Å². The lowest BCUT2D eigenvalue weighted by atomic mass is 10.1. The molecule has 3 atom stereocenters. The average molecular weight is 175 g/mol. The van der Waals surface area contributed by atoms with Crippen molar-refractivity contribution < 1.29 is 24.5 Å². The molecule has 1 saturated heterocycles. The van der Waals surface area contributed by atoms with E-state index in [0.29, 0.717) is 0 Å². The molecule has 12 heavy (non-hydrogen) atoms. The van der Waals surface area contributed by atoms with Crippen LogP contribution in [0.2, 0.25) is 0 Å². The number of hydrogen-bond donors (Lipinski definition) is 2. The number of esters is 1. The van der Waals surface area contributed by atoms with Crippen molar-refractivity contribution in [2.24, 2.45) is 0 Å². The Morgan fingerprint density at radius 2 is 2.42 bits per heavy atom. The van der Waals surface area contributed by atoms with Gasteiger partial charge in [0.15, 0.2) is 6.10 Å². The van der Waals surface area contributed by atoms with Crippen molar-refractivity contribution in [1.82, 2.24) is 0 Å². The van der Waals surface area contributed by atoms with Crippen LogP contribution in [0.5, 0.6) is 0 Å². The molecule has 1 fully saturated rings. The van der Waals surface area contributed by atoms with Gasteiger partial charge in [-0.05, 0) is 0 Å². The molecule has 1 aliphatic heterocycles. The minimum atomic E-state index is -0.973. The molecule has 5 heteroatoms. The topological polar surface area (TPSA) is 76.0 Å². The number of rotatable bonds is 2. The van der Waals surface area contributed by atoms with Crippen LogP contribution in [0.1, 0.15) is 6.92 Å². The smallest absolute Gasteiger partial charge is 0.303 e. The van der Waals surface area contributed by atoms with Gasteiger partial charge in [-0.1, -0.05) is 0 Å². The Morgan fingerprint density at radius 1 is 1.75 bits per heavy atom. The zero-order chi connectivity index (χ0) is 9.14. The van der Waals surface area contributed by atoms with Gasteiger partial charge in [0.1, 0.15) is 18.8 Å². The maximum Gasteiger partial charge on any atom is 0.303 e. The molecule has 0 bridgehead atoms. The Labute approximate surface area is 69.9 Å². The maximum absolute atomic E-state index is 10.5. The van der Waals surface area contributed by atoms with Gasteiger partial charge in [0, 0.05) is 6.92 Å². The Hall–Kier alpha value is -0.650. The molecular formula is C7H11O5. The summed E-state index contributed by atoms with van der Waals surface area (Å²) in [7, 11) is 0. The molecular weight excluding hydrogens is 164 g/mol. The summed E-state index contributed by atoms with van der Waals surface area (Å²) in [5, 5.41) is 17.9. The molecule has 0 aromatic rings. The molecule has 0 unspecified atom stereocenters. The van der Waals surface area contributed by atoms with E-state index < -0.39 is 24.3 Å². The predicted molar refractivity (Wildman–Crippen MR) is 37.8 cm³/mol. The van der Waals surface area contributed by atoms with Crippen LogP contribution >= 0.6 is 0 Å². The summed E-state index contributed by atoms with van der Waals surface area (Å²) in [5.41, 5.74) is 0. The summed E-state index contributed by atoms with van der Waals surface area (Å²) < 4.78 is 9.50. The molecule has 0 aromatic carbocycles. The van der Waals surface area contributed by atoms with Gasteiger partial charge < -0.3 is 19.7 Å². The third-order valence-corrected chi connectivity index (χ3v) is 1.59. The largest absolute Gasteiger partial charge is 0.457 e. The third kappa shape index (κ3) is 1.94. The summed E-state index contributed by atoms with van der Waals surface area (Å²) in [5.74, 6) is -0.488. The van der Waals surface area contributed by atoms with E-state index in [1.807, 2.05) is 0 Å². The zero-order valence-corrected chi connectivity index (χ0v) is 6.64. The van der Waals surface area contributed by atoms with Crippen LogP contribution in [0, 0.1) is 6.61 Å². The summed E-state index contributed by atoms with van der Waals surface area (Å²) in [6.07, 6.45) is -2.42. The van der Waals surface area contributed by atoms with Gasteiger partial charge in [0.25, 0.3) is 0 Å². The standard InChI is InChI=1S/C7H11O5/c1-4(9)12-6-3-11-5(2-8)7(6)10/h3,5-8,10H,2H2,1H3/t5-,6-,7-/m1/s1. The van der Waals surface area contributed by atoms with Gasteiger partial charge >= 0.3 is 5.97 Å². The molecule has 0 saturated carbocycles. The third-order valence-electron chi connectivity index (χ3n) is 1.59. The van der Waals surface area contributed by atoms with Crippen molar-refractivity contribution in [2.75, 3.05) is 6.61 Å². The lowest BCUT2D eigenvalue weighted by molar-refractivity contribution is -0.148. The minimum Gasteiger partial charge on any atom is -0.457 e. The van der Waals surface area contributed by atoms with Crippen molar-refractivity contribution in [3.05, 3.63) is 6.61 Å². The SMILES string of the molecule is CC(=O)O[C@@H]1[CH]O[C@H](CO)[C@H]1O. The van der Waals surface area contributed by atoms with Gasteiger partial charge in [-0.2, -0.15) is 0 Å². The fourth-order valence-electron chi connectivity index (χ4n) is 0.991. The highest BCUT2D eigenvalue weighted by Crippen LogP contribution is 2.20. The van der Waals surface area contributed by atoms with Gasteiger partial charge in [-0.25, -0.2) is 0 Å². The van der Waals surface area contributed by atoms with Crippen LogP contribution in [0.25, 0.3) is 0 Å². The maximum atomic E-state index is 10.5. The first-order valence-corrected chi connectivity index (χ1v) is 3.60. The monoisotopic (exact) mass is 175 g/mol. The fourth-order valence-corrected chi connectivity index (χ4v) is 0.991. The quantitative estimate of drug-likeness (QED) is 0.517. The van der Waals surface area contributed by atoms with E-state index in [9.17, 15) is 9.90 Å². The van der Waals surface area contributed by atoms with Gasteiger partial charge in [0.2, 0.25) is 0 Å². The molecule has 2 N–H and O–H groups in total. The molecule has 0 spiro atoms. The van der Waals surface area contributed by atoms with E-state index >= 15 is 0 Å². The average Bonchev–Trinajstić information content (AvgIpc) is 2.32. The number of hydrogen-bond acceptors (Lipinski definition) is 5. The van der Waals surface area contributed by atoms with Crippen molar-refractivity contribution in [3.8, 4) is 0 Å². The number of ether oxygens (including phenoxy) is 2.